The van der Waals surface area contributed by atoms with Gasteiger partial charge in [0.25, 0.3) is 5.91 Å². The number of H-pyrrole nitrogens is 1. The normalized spacial score (nSPS) is 11.0. The zero-order chi connectivity index (χ0) is 18.8. The number of rotatable bonds is 5. The Labute approximate surface area is 154 Å². The van der Waals surface area contributed by atoms with Gasteiger partial charge in [0, 0.05) is 37.1 Å². The summed E-state index contributed by atoms with van der Waals surface area (Å²) in [7, 11) is 1.65. The molecule has 3 heterocycles. The molecule has 0 aliphatic carbocycles. The molecule has 27 heavy (non-hydrogen) atoms. The molecule has 4 rings (SSSR count). The van der Waals surface area contributed by atoms with Gasteiger partial charge in [-0.25, -0.2) is 9.48 Å². The maximum absolute atomic E-state index is 12.3. The number of carbonyl (C=O) groups excluding carboxylic acids is 1. The van der Waals surface area contributed by atoms with Crippen LogP contribution in [-0.2, 0) is 13.6 Å². The molecule has 0 bridgehead atoms. The van der Waals surface area contributed by atoms with E-state index >= 15 is 0 Å². The number of benzene rings is 1. The molecule has 8 heteroatoms. The van der Waals surface area contributed by atoms with E-state index in [1.54, 1.807) is 37.5 Å². The van der Waals surface area contributed by atoms with Crippen LogP contribution >= 0.6 is 0 Å². The highest BCUT2D eigenvalue weighted by molar-refractivity contribution is 5.97. The van der Waals surface area contributed by atoms with Crippen LogP contribution in [0.4, 0.5) is 0 Å². The van der Waals surface area contributed by atoms with Crippen LogP contribution in [0.5, 0.6) is 0 Å². The first kappa shape index (κ1) is 16.8. The molecule has 2 N–H and O–H groups in total. The minimum atomic E-state index is -0.252. The SMILES string of the molecule is Cn1c(-c2ccccn2)nn(CCNC(=O)c2ccc3cc[nH]c3c2)c1=O. The monoisotopic (exact) mass is 362 g/mol. The molecule has 1 amide bonds. The van der Waals surface area contributed by atoms with E-state index in [0.29, 0.717) is 23.6 Å². The summed E-state index contributed by atoms with van der Waals surface area (Å²) in [5, 5.41) is 8.20. The van der Waals surface area contributed by atoms with Gasteiger partial charge in [0.1, 0.15) is 5.69 Å². The van der Waals surface area contributed by atoms with Gasteiger partial charge in [-0.1, -0.05) is 12.1 Å². The summed E-state index contributed by atoms with van der Waals surface area (Å²) < 4.78 is 2.78. The number of amides is 1. The molecule has 4 aromatic rings. The van der Waals surface area contributed by atoms with Crippen molar-refractivity contribution in [3.63, 3.8) is 0 Å². The Morgan fingerprint density at radius 3 is 2.93 bits per heavy atom. The summed E-state index contributed by atoms with van der Waals surface area (Å²) in [6, 6.07) is 12.9. The van der Waals surface area contributed by atoms with E-state index in [1.165, 1.54) is 9.25 Å². The standard InChI is InChI=1S/C19H18N6O2/c1-24-17(15-4-2-3-8-20-15)23-25(19(24)27)11-10-22-18(26)14-6-5-13-7-9-21-16(13)12-14/h2-9,12,21H,10-11H2,1H3,(H,22,26). The summed E-state index contributed by atoms with van der Waals surface area (Å²) in [6.07, 6.45) is 3.49. The topological polar surface area (TPSA) is 97.6 Å². The summed E-state index contributed by atoms with van der Waals surface area (Å²) in [4.78, 5) is 32.0. The predicted molar refractivity (Wildman–Crippen MR) is 101 cm³/mol. The van der Waals surface area contributed by atoms with Gasteiger partial charge in [-0.05, 0) is 35.7 Å². The first-order valence-electron chi connectivity index (χ1n) is 8.54. The van der Waals surface area contributed by atoms with Gasteiger partial charge >= 0.3 is 5.69 Å². The minimum Gasteiger partial charge on any atom is -0.361 e. The molecule has 0 fully saturated rings. The molecule has 0 spiro atoms. The number of nitrogens with zero attached hydrogens (tertiary/aromatic N) is 4. The molecular formula is C19H18N6O2. The zero-order valence-corrected chi connectivity index (χ0v) is 14.7. The lowest BCUT2D eigenvalue weighted by molar-refractivity contribution is 0.0952. The molecule has 0 aliphatic heterocycles. The van der Waals surface area contributed by atoms with Crippen molar-refractivity contribution in [2.75, 3.05) is 6.54 Å². The first-order chi connectivity index (χ1) is 13.1. The Balaban J connectivity index is 1.44. The highest BCUT2D eigenvalue weighted by Crippen LogP contribution is 2.14. The van der Waals surface area contributed by atoms with Crippen LogP contribution in [0.15, 0.2) is 59.7 Å². The second-order valence-electron chi connectivity index (χ2n) is 6.14. The number of carbonyl (C=O) groups is 1. The number of hydrogen-bond donors (Lipinski definition) is 2. The van der Waals surface area contributed by atoms with Gasteiger partial charge < -0.3 is 10.3 Å². The molecule has 3 aromatic heterocycles. The van der Waals surface area contributed by atoms with Gasteiger partial charge in [0.05, 0.1) is 6.54 Å². The van der Waals surface area contributed by atoms with Crippen LogP contribution < -0.4 is 11.0 Å². The third-order valence-electron chi connectivity index (χ3n) is 4.36. The molecule has 0 unspecified atom stereocenters. The Hall–Kier alpha value is -3.68. The van der Waals surface area contributed by atoms with Crippen molar-refractivity contribution in [3.05, 3.63) is 70.9 Å². The fourth-order valence-electron chi connectivity index (χ4n) is 2.92. The van der Waals surface area contributed by atoms with E-state index in [-0.39, 0.29) is 18.1 Å². The largest absolute Gasteiger partial charge is 0.361 e. The highest BCUT2D eigenvalue weighted by Gasteiger charge is 2.13. The lowest BCUT2D eigenvalue weighted by atomic mass is 10.1. The van der Waals surface area contributed by atoms with Crippen molar-refractivity contribution in [3.8, 4) is 11.5 Å². The van der Waals surface area contributed by atoms with E-state index in [4.69, 9.17) is 0 Å². The van der Waals surface area contributed by atoms with Crippen LogP contribution in [0.3, 0.4) is 0 Å². The molecule has 0 saturated carbocycles. The third kappa shape index (κ3) is 3.24. The number of hydrogen-bond acceptors (Lipinski definition) is 4. The fourth-order valence-corrected chi connectivity index (χ4v) is 2.92. The molecule has 0 atom stereocenters. The minimum absolute atomic E-state index is 0.194. The van der Waals surface area contributed by atoms with Crippen molar-refractivity contribution in [1.82, 2.24) is 29.6 Å². The second kappa shape index (κ2) is 6.91. The molecule has 0 saturated heterocycles. The number of pyridine rings is 1. The number of nitrogens with one attached hydrogen (secondary N) is 2. The van der Waals surface area contributed by atoms with Crippen LogP contribution in [0.1, 0.15) is 10.4 Å². The Morgan fingerprint density at radius 1 is 1.22 bits per heavy atom. The average molecular weight is 362 g/mol. The summed E-state index contributed by atoms with van der Waals surface area (Å²) in [5.41, 5.74) is 1.84. The van der Waals surface area contributed by atoms with Crippen molar-refractivity contribution in [2.24, 2.45) is 7.05 Å². The maximum Gasteiger partial charge on any atom is 0.346 e. The van der Waals surface area contributed by atoms with E-state index in [9.17, 15) is 9.59 Å². The fraction of sp³-hybridized carbons (Fsp3) is 0.158. The summed E-state index contributed by atoms with van der Waals surface area (Å²) >= 11 is 0. The van der Waals surface area contributed by atoms with Crippen LogP contribution in [0.2, 0.25) is 0 Å². The lowest BCUT2D eigenvalue weighted by Crippen LogP contribution is -2.31. The second-order valence-corrected chi connectivity index (χ2v) is 6.14. The number of fused-ring (bicyclic) bond motifs is 1. The van der Waals surface area contributed by atoms with Crippen LogP contribution in [0, 0.1) is 0 Å². The van der Waals surface area contributed by atoms with Crippen molar-refractivity contribution >= 4 is 16.8 Å². The number of aromatic amines is 1. The summed E-state index contributed by atoms with van der Waals surface area (Å²) in [6.45, 7) is 0.566. The Bertz CT molecular complexity index is 1160. The lowest BCUT2D eigenvalue weighted by Gasteiger charge is -2.05. The van der Waals surface area contributed by atoms with Gasteiger partial charge in [0.15, 0.2) is 5.82 Å². The van der Waals surface area contributed by atoms with Crippen molar-refractivity contribution in [1.29, 1.82) is 0 Å². The van der Waals surface area contributed by atoms with E-state index < -0.39 is 0 Å². The maximum atomic E-state index is 12.3. The molecular weight excluding hydrogens is 344 g/mol. The molecule has 0 radical (unpaired) electrons. The van der Waals surface area contributed by atoms with E-state index in [0.717, 1.165) is 10.9 Å². The van der Waals surface area contributed by atoms with Crippen molar-refractivity contribution < 1.29 is 4.79 Å². The highest BCUT2D eigenvalue weighted by atomic mass is 16.2. The zero-order valence-electron chi connectivity index (χ0n) is 14.7. The van der Waals surface area contributed by atoms with Gasteiger partial charge in [0.2, 0.25) is 0 Å². The predicted octanol–water partition coefficient (Wildman–Crippen LogP) is 1.56. The Kier molecular flexibility index (Phi) is 4.29. The molecule has 8 nitrogen and oxygen atoms in total. The van der Waals surface area contributed by atoms with Crippen LogP contribution in [0.25, 0.3) is 22.4 Å². The third-order valence-corrected chi connectivity index (χ3v) is 4.36. The van der Waals surface area contributed by atoms with E-state index in [2.05, 4.69) is 20.4 Å². The first-order valence-corrected chi connectivity index (χ1v) is 8.54. The summed E-state index contributed by atoms with van der Waals surface area (Å²) in [5.74, 6) is 0.296. The molecule has 1 aromatic carbocycles. The van der Waals surface area contributed by atoms with Gasteiger partial charge in [-0.15, -0.1) is 5.10 Å². The van der Waals surface area contributed by atoms with Crippen molar-refractivity contribution in [2.45, 2.75) is 6.54 Å². The molecule has 136 valence electrons. The van der Waals surface area contributed by atoms with Crippen LogP contribution in [-0.4, -0.2) is 36.8 Å². The Morgan fingerprint density at radius 2 is 2.11 bits per heavy atom. The van der Waals surface area contributed by atoms with E-state index in [1.807, 2.05) is 24.4 Å². The molecule has 0 aliphatic rings. The number of aromatic nitrogens is 5. The average Bonchev–Trinajstić information content (AvgIpc) is 3.28. The van der Waals surface area contributed by atoms with Gasteiger partial charge in [-0.2, -0.15) is 0 Å². The smallest absolute Gasteiger partial charge is 0.346 e. The van der Waals surface area contributed by atoms with Gasteiger partial charge in [-0.3, -0.25) is 14.3 Å². The quantitative estimate of drug-likeness (QED) is 0.563.